The van der Waals surface area contributed by atoms with Crippen LogP contribution >= 0.6 is 11.6 Å². The van der Waals surface area contributed by atoms with E-state index in [0.717, 1.165) is 12.1 Å². The van der Waals surface area contributed by atoms with Crippen molar-refractivity contribution in [2.45, 2.75) is 18.8 Å². The van der Waals surface area contributed by atoms with Gasteiger partial charge in [-0.15, -0.1) is 13.2 Å². The predicted octanol–water partition coefficient (Wildman–Crippen LogP) is 4.41. The average molecular weight is 369 g/mol. The summed E-state index contributed by atoms with van der Waals surface area (Å²) in [7, 11) is 0. The Morgan fingerprint density at radius 2 is 1.76 bits per heavy atom. The van der Waals surface area contributed by atoms with Gasteiger partial charge in [0, 0.05) is 0 Å². The van der Waals surface area contributed by atoms with Crippen molar-refractivity contribution in [2.24, 2.45) is 0 Å². The Bertz CT molecular complexity index is 816. The lowest BCUT2D eigenvalue weighted by molar-refractivity contribution is -0.274. The molecule has 0 heterocycles. The number of hydrogen-bond donors (Lipinski definition) is 1. The highest BCUT2D eigenvalue weighted by molar-refractivity contribution is 6.33. The zero-order valence-electron chi connectivity index (χ0n) is 12.9. The third kappa shape index (κ3) is 4.64. The van der Waals surface area contributed by atoms with Crippen molar-refractivity contribution < 1.29 is 22.7 Å². The first-order chi connectivity index (χ1) is 11.6. The number of carbonyl (C=O) groups excluding carboxylic acids is 1. The number of amides is 1. The van der Waals surface area contributed by atoms with Crippen molar-refractivity contribution in [3.8, 4) is 11.8 Å². The van der Waals surface area contributed by atoms with E-state index in [0.29, 0.717) is 5.56 Å². The second kappa shape index (κ2) is 7.03. The van der Waals surface area contributed by atoms with Gasteiger partial charge in [0.25, 0.3) is 5.91 Å². The van der Waals surface area contributed by atoms with Crippen LogP contribution in [0.1, 0.15) is 22.8 Å². The molecule has 0 spiro atoms. The molecule has 0 aliphatic carbocycles. The molecule has 2 rings (SSSR count). The van der Waals surface area contributed by atoms with Gasteiger partial charge in [0.1, 0.15) is 5.75 Å². The van der Waals surface area contributed by atoms with Gasteiger partial charge in [-0.25, -0.2) is 0 Å². The maximum atomic E-state index is 12.3. The minimum atomic E-state index is -4.81. The smallest absolute Gasteiger partial charge is 0.406 e. The van der Waals surface area contributed by atoms with Gasteiger partial charge in [0.05, 0.1) is 16.7 Å². The van der Waals surface area contributed by atoms with Crippen molar-refractivity contribution in [1.29, 1.82) is 5.26 Å². The molecular formula is C17H12ClF3N2O2. The molecule has 4 nitrogen and oxygen atoms in total. The molecule has 2 aromatic rings. The summed E-state index contributed by atoms with van der Waals surface area (Å²) in [6.45, 7) is 1.43. The quantitative estimate of drug-likeness (QED) is 0.869. The van der Waals surface area contributed by atoms with Crippen LogP contribution in [0.25, 0.3) is 0 Å². The first-order valence-electron chi connectivity index (χ1n) is 6.99. The monoisotopic (exact) mass is 368 g/mol. The molecule has 0 bridgehead atoms. The molecule has 2 aromatic carbocycles. The van der Waals surface area contributed by atoms with Crippen LogP contribution in [-0.4, -0.2) is 12.3 Å². The lowest BCUT2D eigenvalue weighted by Gasteiger charge is -2.24. The van der Waals surface area contributed by atoms with Crippen molar-refractivity contribution in [2.75, 3.05) is 0 Å². The number of halogens is 4. The summed E-state index contributed by atoms with van der Waals surface area (Å²) in [5, 5.41) is 12.2. The highest BCUT2D eigenvalue weighted by Crippen LogP contribution is 2.27. The maximum absolute atomic E-state index is 12.3. The second-order valence-electron chi connectivity index (χ2n) is 5.24. The molecule has 8 heteroatoms. The predicted molar refractivity (Wildman–Crippen MR) is 85.0 cm³/mol. The molecule has 25 heavy (non-hydrogen) atoms. The summed E-state index contributed by atoms with van der Waals surface area (Å²) in [5.74, 6) is -1.00. The van der Waals surface area contributed by atoms with Gasteiger partial charge in [-0.05, 0) is 36.8 Å². The highest BCUT2D eigenvalue weighted by Gasteiger charge is 2.32. The summed E-state index contributed by atoms with van der Waals surface area (Å²) in [5.41, 5.74) is -0.986. The molecule has 1 N–H and O–H groups in total. The Morgan fingerprint density at radius 3 is 2.28 bits per heavy atom. The largest absolute Gasteiger partial charge is 0.573 e. The van der Waals surface area contributed by atoms with Gasteiger partial charge in [-0.1, -0.05) is 35.9 Å². The molecule has 0 radical (unpaired) electrons. The lowest BCUT2D eigenvalue weighted by Crippen LogP contribution is -2.42. The van der Waals surface area contributed by atoms with E-state index >= 15 is 0 Å². The first kappa shape index (κ1) is 18.6. The minimum absolute atomic E-state index is 0.183. The van der Waals surface area contributed by atoms with E-state index in [9.17, 15) is 23.2 Å². The number of hydrogen-bond acceptors (Lipinski definition) is 3. The Hall–Kier alpha value is -2.72. The number of nitriles is 1. The van der Waals surface area contributed by atoms with Crippen LogP contribution in [0.15, 0.2) is 48.5 Å². The number of rotatable bonds is 4. The van der Waals surface area contributed by atoms with Gasteiger partial charge in [0.15, 0.2) is 5.54 Å². The molecule has 0 saturated carbocycles. The fraction of sp³-hybridized carbons (Fsp3) is 0.176. The molecular weight excluding hydrogens is 357 g/mol. The number of alkyl halides is 3. The number of nitrogens with zero attached hydrogens (tertiary/aromatic N) is 1. The summed E-state index contributed by atoms with van der Waals surface area (Å²) in [6, 6.07) is 12.9. The fourth-order valence-corrected chi connectivity index (χ4v) is 2.32. The molecule has 0 aliphatic heterocycles. The second-order valence-corrected chi connectivity index (χ2v) is 5.65. The molecule has 0 saturated heterocycles. The SMILES string of the molecule is CC(C#N)(NC(=O)c1ccccc1Cl)c1ccc(OC(F)(F)F)cc1. The van der Waals surface area contributed by atoms with Crippen LogP contribution in [0.2, 0.25) is 5.02 Å². The van der Waals surface area contributed by atoms with E-state index in [1.165, 1.54) is 31.2 Å². The molecule has 130 valence electrons. The maximum Gasteiger partial charge on any atom is 0.573 e. The minimum Gasteiger partial charge on any atom is -0.406 e. The van der Waals surface area contributed by atoms with Crippen LogP contribution in [-0.2, 0) is 5.54 Å². The molecule has 0 aromatic heterocycles. The molecule has 1 amide bonds. The van der Waals surface area contributed by atoms with Crippen molar-refractivity contribution >= 4 is 17.5 Å². The van der Waals surface area contributed by atoms with Crippen molar-refractivity contribution in [3.05, 3.63) is 64.7 Å². The van der Waals surface area contributed by atoms with Crippen LogP contribution in [0, 0.1) is 11.3 Å². The summed E-state index contributed by atoms with van der Waals surface area (Å²) in [4.78, 5) is 12.3. The van der Waals surface area contributed by atoms with Crippen molar-refractivity contribution in [1.82, 2.24) is 5.32 Å². The standard InChI is InChI=1S/C17H12ClF3N2O2/c1-16(10-22,23-15(24)13-4-2-3-5-14(13)18)11-6-8-12(9-7-11)25-17(19,20)21/h2-9H,1H3,(H,23,24). The summed E-state index contributed by atoms with van der Waals surface area (Å²) in [6.07, 6.45) is -4.81. The number of ether oxygens (including phenoxy) is 1. The average Bonchev–Trinajstić information content (AvgIpc) is 2.54. The molecule has 1 atom stereocenters. The molecule has 0 aliphatic rings. The highest BCUT2D eigenvalue weighted by atomic mass is 35.5. The van der Waals surface area contributed by atoms with E-state index < -0.39 is 23.6 Å². The van der Waals surface area contributed by atoms with Crippen LogP contribution in [0.4, 0.5) is 13.2 Å². The number of carbonyl (C=O) groups is 1. The summed E-state index contributed by atoms with van der Waals surface area (Å²) >= 11 is 5.95. The molecule has 0 fully saturated rings. The zero-order valence-corrected chi connectivity index (χ0v) is 13.7. The topological polar surface area (TPSA) is 62.1 Å². The van der Waals surface area contributed by atoms with Crippen LogP contribution in [0.5, 0.6) is 5.75 Å². The normalized spacial score (nSPS) is 13.4. The van der Waals surface area contributed by atoms with Crippen LogP contribution < -0.4 is 10.1 Å². The van der Waals surface area contributed by atoms with Gasteiger partial charge in [0.2, 0.25) is 0 Å². The third-order valence-corrected chi connectivity index (χ3v) is 3.70. The zero-order chi connectivity index (χ0) is 18.7. The Morgan fingerprint density at radius 1 is 1.16 bits per heavy atom. The Labute approximate surface area is 146 Å². The van der Waals surface area contributed by atoms with Gasteiger partial charge < -0.3 is 10.1 Å². The van der Waals surface area contributed by atoms with Gasteiger partial charge in [-0.2, -0.15) is 5.26 Å². The first-order valence-corrected chi connectivity index (χ1v) is 7.37. The van der Waals surface area contributed by atoms with Crippen molar-refractivity contribution in [3.63, 3.8) is 0 Å². The Balaban J connectivity index is 2.24. The number of nitrogens with one attached hydrogen (secondary N) is 1. The fourth-order valence-electron chi connectivity index (χ4n) is 2.09. The third-order valence-electron chi connectivity index (χ3n) is 3.37. The van der Waals surface area contributed by atoms with E-state index in [1.54, 1.807) is 12.1 Å². The Kier molecular flexibility index (Phi) is 5.24. The van der Waals surface area contributed by atoms with E-state index in [-0.39, 0.29) is 10.6 Å². The summed E-state index contributed by atoms with van der Waals surface area (Å²) < 4.78 is 40.4. The molecule has 1 unspecified atom stereocenters. The number of benzene rings is 2. The van der Waals surface area contributed by atoms with Crippen LogP contribution in [0.3, 0.4) is 0 Å². The lowest BCUT2D eigenvalue weighted by atomic mass is 9.93. The van der Waals surface area contributed by atoms with E-state index in [2.05, 4.69) is 10.1 Å². The van der Waals surface area contributed by atoms with E-state index in [1.807, 2.05) is 6.07 Å². The van der Waals surface area contributed by atoms with E-state index in [4.69, 9.17) is 11.6 Å². The van der Waals surface area contributed by atoms with Gasteiger partial charge in [-0.3, -0.25) is 4.79 Å². The van der Waals surface area contributed by atoms with Gasteiger partial charge >= 0.3 is 6.36 Å².